The van der Waals surface area contributed by atoms with Crippen LogP contribution in [0.15, 0.2) is 35.5 Å². The summed E-state index contributed by atoms with van der Waals surface area (Å²) in [5.74, 6) is -1.43. The van der Waals surface area contributed by atoms with Crippen molar-refractivity contribution in [3.05, 3.63) is 35.5 Å². The molecular formula is C24H29FO5. The van der Waals surface area contributed by atoms with Crippen LogP contribution in [-0.2, 0) is 19.1 Å². The molecule has 5 nitrogen and oxygen atoms in total. The predicted molar refractivity (Wildman–Crippen MR) is 108 cm³/mol. The van der Waals surface area contributed by atoms with Crippen LogP contribution in [0.25, 0.3) is 0 Å². The Morgan fingerprint density at radius 2 is 2.03 bits per heavy atom. The smallest absolute Gasteiger partial charge is 0.303 e. The Hall–Kier alpha value is -2.08. The number of rotatable bonds is 4. The van der Waals surface area contributed by atoms with Gasteiger partial charge in [-0.3, -0.25) is 18.8 Å². The molecular weight excluding hydrogens is 387 g/mol. The maximum absolute atomic E-state index is 14.1. The number of esters is 1. The lowest BCUT2D eigenvalue weighted by molar-refractivity contribution is -0.162. The third-order valence-electron chi connectivity index (χ3n) is 8.32. The zero-order valence-electron chi connectivity index (χ0n) is 17.7. The SMILES string of the molecule is CC(=O)OCC(=O)[C@@]1(O)CCC2C3CC(CF)C4=CC(=O)C=C[C@]4(C)C3=CC[C@@]21C. The molecule has 2 fully saturated rings. The largest absolute Gasteiger partial charge is 0.458 e. The van der Waals surface area contributed by atoms with E-state index in [4.69, 9.17) is 4.74 Å². The summed E-state index contributed by atoms with van der Waals surface area (Å²) in [6, 6.07) is 0. The molecule has 0 radical (unpaired) electrons. The number of alkyl halides is 1. The Morgan fingerprint density at radius 3 is 2.70 bits per heavy atom. The summed E-state index contributed by atoms with van der Waals surface area (Å²) in [6.45, 7) is 4.24. The van der Waals surface area contributed by atoms with Crippen LogP contribution in [0.4, 0.5) is 4.39 Å². The zero-order chi connectivity index (χ0) is 21.9. The molecule has 0 spiro atoms. The van der Waals surface area contributed by atoms with Gasteiger partial charge >= 0.3 is 5.97 Å². The highest BCUT2D eigenvalue weighted by Crippen LogP contribution is 2.65. The summed E-state index contributed by atoms with van der Waals surface area (Å²) >= 11 is 0. The highest BCUT2D eigenvalue weighted by atomic mass is 19.1. The minimum atomic E-state index is -1.57. The molecule has 4 aliphatic carbocycles. The molecule has 4 aliphatic rings. The molecule has 0 saturated heterocycles. The summed E-state index contributed by atoms with van der Waals surface area (Å²) in [5.41, 5.74) is -0.776. The number of halogens is 1. The molecule has 0 aliphatic heterocycles. The van der Waals surface area contributed by atoms with Crippen molar-refractivity contribution < 1.29 is 28.6 Å². The summed E-state index contributed by atoms with van der Waals surface area (Å²) in [5, 5.41) is 11.5. The Labute approximate surface area is 176 Å². The van der Waals surface area contributed by atoms with Gasteiger partial charge in [-0.15, -0.1) is 0 Å². The van der Waals surface area contributed by atoms with E-state index in [0.29, 0.717) is 25.7 Å². The first-order chi connectivity index (χ1) is 14.1. The second-order valence-electron chi connectivity index (χ2n) is 9.72. The fourth-order valence-corrected chi connectivity index (χ4v) is 6.64. The first kappa shape index (κ1) is 21.2. The minimum Gasteiger partial charge on any atom is -0.458 e. The molecule has 6 atom stereocenters. The minimum absolute atomic E-state index is 0.0160. The second-order valence-corrected chi connectivity index (χ2v) is 9.72. The molecule has 6 heteroatoms. The van der Waals surface area contributed by atoms with Gasteiger partial charge in [-0.2, -0.15) is 0 Å². The van der Waals surface area contributed by atoms with Gasteiger partial charge in [0.15, 0.2) is 12.4 Å². The van der Waals surface area contributed by atoms with Crippen LogP contribution >= 0.6 is 0 Å². The maximum atomic E-state index is 14.1. The van der Waals surface area contributed by atoms with E-state index in [2.05, 4.69) is 6.08 Å². The molecule has 0 amide bonds. The Kier molecular flexibility index (Phi) is 4.92. The van der Waals surface area contributed by atoms with E-state index in [9.17, 15) is 23.9 Å². The molecule has 162 valence electrons. The van der Waals surface area contributed by atoms with Crippen LogP contribution in [-0.4, -0.2) is 41.5 Å². The molecule has 0 heterocycles. The number of fused-ring (bicyclic) bond motifs is 5. The van der Waals surface area contributed by atoms with Crippen LogP contribution in [0.3, 0.4) is 0 Å². The van der Waals surface area contributed by atoms with Gasteiger partial charge in [-0.05, 0) is 62.2 Å². The van der Waals surface area contributed by atoms with E-state index in [1.807, 2.05) is 19.9 Å². The maximum Gasteiger partial charge on any atom is 0.303 e. The molecule has 0 aromatic rings. The highest BCUT2D eigenvalue weighted by molar-refractivity contribution is 6.01. The Balaban J connectivity index is 1.72. The molecule has 0 bridgehead atoms. The van der Waals surface area contributed by atoms with Crippen molar-refractivity contribution in [2.75, 3.05) is 13.3 Å². The van der Waals surface area contributed by atoms with E-state index in [1.165, 1.54) is 12.5 Å². The lowest BCUT2D eigenvalue weighted by Crippen LogP contribution is -2.56. The van der Waals surface area contributed by atoms with Gasteiger partial charge < -0.3 is 9.84 Å². The fourth-order valence-electron chi connectivity index (χ4n) is 6.64. The number of carbonyl (C=O) groups excluding carboxylic acids is 3. The van der Waals surface area contributed by atoms with Crippen molar-refractivity contribution in [2.45, 2.75) is 52.1 Å². The average molecular weight is 416 g/mol. The van der Waals surface area contributed by atoms with E-state index >= 15 is 0 Å². The lowest BCUT2D eigenvalue weighted by atomic mass is 9.49. The normalized spacial score (nSPS) is 41.9. The van der Waals surface area contributed by atoms with Gasteiger partial charge in [0.1, 0.15) is 5.60 Å². The zero-order valence-corrected chi connectivity index (χ0v) is 17.7. The van der Waals surface area contributed by atoms with E-state index in [-0.39, 0.29) is 23.5 Å². The number of aliphatic hydroxyl groups is 1. The van der Waals surface area contributed by atoms with Crippen LogP contribution < -0.4 is 0 Å². The molecule has 4 rings (SSSR count). The van der Waals surface area contributed by atoms with Gasteiger partial charge in [0.2, 0.25) is 5.78 Å². The quantitative estimate of drug-likeness (QED) is 0.562. The first-order valence-corrected chi connectivity index (χ1v) is 10.7. The van der Waals surface area contributed by atoms with Gasteiger partial charge in [0, 0.05) is 23.7 Å². The first-order valence-electron chi connectivity index (χ1n) is 10.7. The molecule has 2 saturated carbocycles. The summed E-state index contributed by atoms with van der Waals surface area (Å²) in [7, 11) is 0. The Morgan fingerprint density at radius 1 is 1.30 bits per heavy atom. The molecule has 3 unspecified atom stereocenters. The van der Waals surface area contributed by atoms with Crippen LogP contribution in [0, 0.1) is 28.6 Å². The van der Waals surface area contributed by atoms with Crippen LogP contribution in [0.5, 0.6) is 0 Å². The van der Waals surface area contributed by atoms with Crippen molar-refractivity contribution in [2.24, 2.45) is 28.6 Å². The van der Waals surface area contributed by atoms with E-state index in [0.717, 1.165) is 5.57 Å². The molecule has 0 aromatic heterocycles. The highest BCUT2D eigenvalue weighted by Gasteiger charge is 2.64. The number of Topliss-reactive ketones (excluding diaryl/α,β-unsaturated/α-hetero) is 1. The van der Waals surface area contributed by atoms with Gasteiger partial charge in [-0.25, -0.2) is 0 Å². The van der Waals surface area contributed by atoms with Gasteiger partial charge in [-0.1, -0.05) is 24.6 Å². The van der Waals surface area contributed by atoms with Crippen molar-refractivity contribution in [1.29, 1.82) is 0 Å². The number of ether oxygens (including phenoxy) is 1. The Bertz CT molecular complexity index is 901. The monoisotopic (exact) mass is 416 g/mol. The molecule has 0 aromatic carbocycles. The molecule has 30 heavy (non-hydrogen) atoms. The number of hydrogen-bond donors (Lipinski definition) is 1. The van der Waals surface area contributed by atoms with Crippen molar-refractivity contribution >= 4 is 17.5 Å². The third kappa shape index (κ3) is 2.79. The van der Waals surface area contributed by atoms with Crippen molar-refractivity contribution in [3.8, 4) is 0 Å². The number of ketones is 2. The predicted octanol–water partition coefficient (Wildman–Crippen LogP) is 3.27. The van der Waals surface area contributed by atoms with Crippen molar-refractivity contribution in [1.82, 2.24) is 0 Å². The van der Waals surface area contributed by atoms with Crippen LogP contribution in [0.2, 0.25) is 0 Å². The van der Waals surface area contributed by atoms with Crippen LogP contribution in [0.1, 0.15) is 46.5 Å². The van der Waals surface area contributed by atoms with E-state index in [1.54, 1.807) is 12.2 Å². The van der Waals surface area contributed by atoms with Gasteiger partial charge in [0.25, 0.3) is 0 Å². The fraction of sp³-hybridized carbons (Fsp3) is 0.625. The number of hydrogen-bond acceptors (Lipinski definition) is 5. The summed E-state index contributed by atoms with van der Waals surface area (Å²) in [4.78, 5) is 36.0. The standard InChI is InChI=1S/C24H29FO5/c1-14(26)30-13-21(28)24(29)9-6-19-17-10-15(12-25)20-11-16(27)4-7-22(20,2)18(17)5-8-23(19,24)3/h4-5,7,11,15,17,19,29H,6,8-10,12-13H2,1-3H3/t15?,17?,19?,22-,23+,24+/m1/s1. The van der Waals surface area contributed by atoms with E-state index < -0.39 is 41.5 Å². The third-order valence-corrected chi connectivity index (χ3v) is 8.32. The average Bonchev–Trinajstić information content (AvgIpc) is 2.98. The summed E-state index contributed by atoms with van der Waals surface area (Å²) in [6.07, 6.45) is 9.17. The lowest BCUT2D eigenvalue weighted by Gasteiger charge is -2.55. The number of allylic oxidation sites excluding steroid dienone is 6. The van der Waals surface area contributed by atoms with Gasteiger partial charge in [0.05, 0.1) is 6.67 Å². The summed E-state index contributed by atoms with van der Waals surface area (Å²) < 4.78 is 18.9. The second kappa shape index (κ2) is 6.98. The van der Waals surface area contributed by atoms with Crippen molar-refractivity contribution in [3.63, 3.8) is 0 Å². The topological polar surface area (TPSA) is 80.7 Å². The number of carbonyl (C=O) groups is 3. The molecule has 1 N–H and O–H groups in total.